The van der Waals surface area contributed by atoms with Crippen molar-refractivity contribution >= 4 is 17.7 Å². The van der Waals surface area contributed by atoms with Crippen LogP contribution in [-0.4, -0.2) is 0 Å². The van der Waals surface area contributed by atoms with Crippen molar-refractivity contribution in [3.8, 4) is 0 Å². The minimum absolute atomic E-state index is 0.648. The third-order valence-electron chi connectivity index (χ3n) is 1.22. The van der Waals surface area contributed by atoms with E-state index in [0.29, 0.717) is 5.02 Å². The Hall–Kier alpha value is -0.750. The zero-order valence-electron chi connectivity index (χ0n) is 5.82. The molecule has 1 radical (unpaired) electrons. The minimum atomic E-state index is 0.648. The molecule has 1 aromatic carbocycles. The zero-order chi connectivity index (χ0) is 7.56. The van der Waals surface area contributed by atoms with Crippen molar-refractivity contribution in [2.45, 2.75) is 6.92 Å². The quantitative estimate of drug-likeness (QED) is 0.579. The van der Waals surface area contributed by atoms with Gasteiger partial charge in [-0.3, -0.25) is 0 Å². The smallest absolute Gasteiger partial charge is 0.0493 e. The Morgan fingerprint density at radius 3 is 2.80 bits per heavy atom. The van der Waals surface area contributed by atoms with Crippen molar-refractivity contribution in [2.75, 3.05) is 0 Å². The summed E-state index contributed by atoms with van der Waals surface area (Å²) in [6.45, 7) is 5.62. The molecule has 0 nitrogen and oxygen atoms in total. The summed E-state index contributed by atoms with van der Waals surface area (Å²) in [6, 6.07) is 6.80. The van der Waals surface area contributed by atoms with E-state index in [1.54, 1.807) is 6.08 Å². The summed E-state index contributed by atoms with van der Waals surface area (Å²) < 4.78 is 0. The zero-order valence-corrected chi connectivity index (χ0v) is 6.57. The van der Waals surface area contributed by atoms with E-state index in [9.17, 15) is 0 Å². The molecule has 0 bridgehead atoms. The molecule has 10 heavy (non-hydrogen) atoms. The highest BCUT2D eigenvalue weighted by molar-refractivity contribution is 6.30. The second kappa shape index (κ2) is 2.89. The van der Waals surface area contributed by atoms with Gasteiger partial charge in [0, 0.05) is 11.1 Å². The minimum Gasteiger partial charge on any atom is -0.0984 e. The third kappa shape index (κ3) is 1.61. The summed E-state index contributed by atoms with van der Waals surface area (Å²) in [4.78, 5) is 0. The maximum Gasteiger partial charge on any atom is 0.0493 e. The van der Waals surface area contributed by atoms with E-state index in [1.165, 1.54) is 0 Å². The van der Waals surface area contributed by atoms with E-state index in [0.717, 1.165) is 11.1 Å². The molecule has 1 heteroatoms. The van der Waals surface area contributed by atoms with Crippen molar-refractivity contribution in [3.05, 3.63) is 40.9 Å². The molecule has 0 saturated heterocycles. The van der Waals surface area contributed by atoms with Gasteiger partial charge in [0.25, 0.3) is 0 Å². The van der Waals surface area contributed by atoms with Gasteiger partial charge in [0.05, 0.1) is 0 Å². The first-order valence-corrected chi connectivity index (χ1v) is 3.42. The monoisotopic (exact) mass is 151 g/mol. The summed E-state index contributed by atoms with van der Waals surface area (Å²) in [5.41, 5.74) is 2.09. The van der Waals surface area contributed by atoms with Crippen molar-refractivity contribution in [1.29, 1.82) is 0 Å². The maximum atomic E-state index is 5.73. The second-order valence-electron chi connectivity index (χ2n) is 2.17. The van der Waals surface area contributed by atoms with Crippen molar-refractivity contribution in [1.82, 2.24) is 0 Å². The summed E-state index contributed by atoms with van der Waals surface area (Å²) >= 11 is 5.73. The molecule has 0 aliphatic rings. The number of hydrogen-bond acceptors (Lipinski definition) is 0. The van der Waals surface area contributed by atoms with Crippen LogP contribution in [0.15, 0.2) is 18.7 Å². The topological polar surface area (TPSA) is 0 Å². The predicted molar refractivity (Wildman–Crippen MR) is 45.1 cm³/mol. The summed E-state index contributed by atoms with van der Waals surface area (Å²) in [5, 5.41) is 0.648. The van der Waals surface area contributed by atoms with Crippen LogP contribution in [0.3, 0.4) is 0 Å². The third-order valence-corrected chi connectivity index (χ3v) is 1.42. The van der Waals surface area contributed by atoms with Gasteiger partial charge in [-0.05, 0) is 24.1 Å². The number of benzene rings is 1. The Morgan fingerprint density at radius 2 is 2.30 bits per heavy atom. The number of hydrogen-bond donors (Lipinski definition) is 0. The molecule has 0 N–H and O–H groups in total. The molecular weight excluding hydrogens is 144 g/mol. The molecule has 1 rings (SSSR count). The molecule has 0 amide bonds. The van der Waals surface area contributed by atoms with Crippen LogP contribution in [0.5, 0.6) is 0 Å². The highest BCUT2D eigenvalue weighted by atomic mass is 35.5. The molecule has 0 aromatic heterocycles. The van der Waals surface area contributed by atoms with Crippen molar-refractivity contribution in [2.24, 2.45) is 0 Å². The lowest BCUT2D eigenvalue weighted by Gasteiger charge is -1.95. The molecule has 1 aromatic rings. The van der Waals surface area contributed by atoms with E-state index in [-0.39, 0.29) is 0 Å². The van der Waals surface area contributed by atoms with Gasteiger partial charge in [0.15, 0.2) is 0 Å². The van der Waals surface area contributed by atoms with Gasteiger partial charge in [-0.25, -0.2) is 0 Å². The van der Waals surface area contributed by atoms with Crippen LogP contribution in [0.2, 0.25) is 5.02 Å². The van der Waals surface area contributed by atoms with Gasteiger partial charge < -0.3 is 0 Å². The normalized spacial score (nSPS) is 9.40. The van der Waals surface area contributed by atoms with E-state index in [4.69, 9.17) is 11.6 Å². The molecule has 0 spiro atoms. The lowest BCUT2D eigenvalue weighted by atomic mass is 10.1. The second-order valence-corrected chi connectivity index (χ2v) is 2.57. The Bertz CT molecular complexity index is 231. The molecule has 0 saturated carbocycles. The van der Waals surface area contributed by atoms with Gasteiger partial charge in [-0.2, -0.15) is 0 Å². The van der Waals surface area contributed by atoms with Crippen molar-refractivity contribution < 1.29 is 0 Å². The fourth-order valence-corrected chi connectivity index (χ4v) is 1.09. The first kappa shape index (κ1) is 7.36. The summed E-state index contributed by atoms with van der Waals surface area (Å²) in [5.74, 6) is 0. The van der Waals surface area contributed by atoms with Crippen LogP contribution in [0.4, 0.5) is 0 Å². The molecule has 0 heterocycles. The number of rotatable bonds is 1. The highest BCUT2D eigenvalue weighted by Gasteiger charge is 1.91. The maximum absolute atomic E-state index is 5.73. The Kier molecular flexibility index (Phi) is 2.13. The number of aryl methyl sites for hydroxylation is 1. The van der Waals surface area contributed by atoms with E-state index >= 15 is 0 Å². The average molecular weight is 152 g/mol. The Morgan fingerprint density at radius 1 is 1.60 bits per heavy atom. The predicted octanol–water partition coefficient (Wildman–Crippen LogP) is 3.09. The van der Waals surface area contributed by atoms with Crippen LogP contribution in [-0.2, 0) is 0 Å². The molecule has 0 atom stereocenters. The van der Waals surface area contributed by atoms with Gasteiger partial charge in [-0.15, -0.1) is 0 Å². The van der Waals surface area contributed by atoms with Gasteiger partial charge >= 0.3 is 0 Å². The van der Waals surface area contributed by atoms with Crippen molar-refractivity contribution in [3.63, 3.8) is 0 Å². The van der Waals surface area contributed by atoms with Gasteiger partial charge in [-0.1, -0.05) is 30.3 Å². The average Bonchev–Trinajstić information content (AvgIpc) is 1.85. The Labute approximate surface area is 66.1 Å². The van der Waals surface area contributed by atoms with Gasteiger partial charge in [0.2, 0.25) is 0 Å². The standard InChI is InChI=1S/C9H8Cl/c1-3-8-4-7(2)5-9(10)6-8/h3-5H,1H2,2H3. The fourth-order valence-electron chi connectivity index (χ4n) is 0.807. The van der Waals surface area contributed by atoms with Crippen LogP contribution >= 0.6 is 11.6 Å². The van der Waals surface area contributed by atoms with Crippen LogP contribution in [0.1, 0.15) is 11.1 Å². The molecule has 0 unspecified atom stereocenters. The summed E-state index contributed by atoms with van der Waals surface area (Å²) in [6.07, 6.45) is 1.74. The van der Waals surface area contributed by atoms with E-state index in [1.807, 2.05) is 19.1 Å². The molecule has 0 aliphatic carbocycles. The molecule has 0 fully saturated rings. The van der Waals surface area contributed by atoms with E-state index in [2.05, 4.69) is 12.6 Å². The molecular formula is C9H8Cl. The largest absolute Gasteiger partial charge is 0.0984 e. The van der Waals surface area contributed by atoms with Gasteiger partial charge in [0.1, 0.15) is 0 Å². The molecule has 51 valence electrons. The van der Waals surface area contributed by atoms with Crippen LogP contribution in [0, 0.1) is 13.0 Å². The first-order chi connectivity index (χ1) is 4.72. The van der Waals surface area contributed by atoms with Crippen LogP contribution < -0.4 is 0 Å². The number of halogens is 1. The lowest BCUT2D eigenvalue weighted by molar-refractivity contribution is 1.45. The lowest BCUT2D eigenvalue weighted by Crippen LogP contribution is -1.76. The summed E-state index contributed by atoms with van der Waals surface area (Å²) in [7, 11) is 0. The van der Waals surface area contributed by atoms with E-state index < -0.39 is 0 Å². The Balaban J connectivity index is 3.18. The highest BCUT2D eigenvalue weighted by Crippen LogP contribution is 2.13. The first-order valence-electron chi connectivity index (χ1n) is 3.04. The fraction of sp³-hybridized carbons (Fsp3) is 0.111. The SMILES string of the molecule is C=Cc1[c]c(Cl)cc(C)c1. The van der Waals surface area contributed by atoms with Crippen LogP contribution in [0.25, 0.3) is 6.08 Å². The molecule has 0 aliphatic heterocycles.